The number of nitrogens with zero attached hydrogens (tertiary/aromatic N) is 1. The molecule has 2 fully saturated rings. The van der Waals surface area contributed by atoms with Crippen LogP contribution in [0.5, 0.6) is 5.75 Å². The van der Waals surface area contributed by atoms with Gasteiger partial charge in [0.05, 0.1) is 29.0 Å². The SMILES string of the molecule is CC1(COc2cc(F)c(C(=O)NS(C)(=O)=O)cc2C2CC2)CCN(C(=O)c2cc(Cl)ccc2Cl)CC1. The number of sulfonamides is 1. The molecule has 194 valence electrons. The van der Waals surface area contributed by atoms with E-state index in [0.29, 0.717) is 59.5 Å². The number of likely N-dealkylation sites (tertiary alicyclic amines) is 1. The van der Waals surface area contributed by atoms with Crippen molar-refractivity contribution in [3.05, 3.63) is 62.9 Å². The predicted octanol–water partition coefficient (Wildman–Crippen LogP) is 5.02. The average Bonchev–Trinajstić information content (AvgIpc) is 3.63. The molecular weight excluding hydrogens is 530 g/mol. The molecule has 36 heavy (non-hydrogen) atoms. The molecule has 0 bridgehead atoms. The molecule has 2 aromatic rings. The van der Waals surface area contributed by atoms with Crippen LogP contribution in [0.3, 0.4) is 0 Å². The van der Waals surface area contributed by atoms with Crippen molar-refractivity contribution in [3.63, 3.8) is 0 Å². The highest BCUT2D eigenvalue weighted by molar-refractivity contribution is 7.89. The van der Waals surface area contributed by atoms with Gasteiger partial charge in [0.15, 0.2) is 0 Å². The van der Waals surface area contributed by atoms with E-state index >= 15 is 0 Å². The zero-order valence-electron chi connectivity index (χ0n) is 19.9. The smallest absolute Gasteiger partial charge is 0.267 e. The molecule has 0 aromatic heterocycles. The Labute approximate surface area is 220 Å². The van der Waals surface area contributed by atoms with Crippen molar-refractivity contribution in [1.82, 2.24) is 9.62 Å². The number of hydrogen-bond donors (Lipinski definition) is 1. The third kappa shape index (κ3) is 6.30. The second kappa shape index (κ2) is 10.2. The molecule has 1 aliphatic heterocycles. The van der Waals surface area contributed by atoms with Crippen LogP contribution in [-0.2, 0) is 10.0 Å². The maximum absolute atomic E-state index is 14.8. The van der Waals surface area contributed by atoms with E-state index in [1.165, 1.54) is 6.07 Å². The van der Waals surface area contributed by atoms with Gasteiger partial charge < -0.3 is 9.64 Å². The van der Waals surface area contributed by atoms with Crippen LogP contribution in [0, 0.1) is 11.2 Å². The lowest BCUT2D eigenvalue weighted by Gasteiger charge is -2.39. The van der Waals surface area contributed by atoms with Crippen LogP contribution in [0.15, 0.2) is 30.3 Å². The number of halogens is 3. The maximum atomic E-state index is 14.8. The molecule has 1 saturated heterocycles. The molecule has 2 amide bonds. The van der Waals surface area contributed by atoms with Crippen LogP contribution in [0.4, 0.5) is 4.39 Å². The number of rotatable bonds is 7. The summed E-state index contributed by atoms with van der Waals surface area (Å²) in [6.45, 7) is 3.38. The van der Waals surface area contributed by atoms with Crippen molar-refractivity contribution in [3.8, 4) is 5.75 Å². The predicted molar refractivity (Wildman–Crippen MR) is 136 cm³/mol. The Morgan fingerprint density at radius 3 is 2.42 bits per heavy atom. The van der Waals surface area contributed by atoms with Gasteiger partial charge in [0.2, 0.25) is 10.0 Å². The minimum atomic E-state index is -3.82. The van der Waals surface area contributed by atoms with Crippen molar-refractivity contribution >= 4 is 45.0 Å². The molecule has 2 aromatic carbocycles. The minimum absolute atomic E-state index is 0.139. The van der Waals surface area contributed by atoms with Gasteiger partial charge in [0.1, 0.15) is 11.6 Å². The van der Waals surface area contributed by atoms with E-state index in [0.717, 1.165) is 25.2 Å². The topological polar surface area (TPSA) is 92.8 Å². The molecule has 11 heteroatoms. The van der Waals surface area contributed by atoms with E-state index in [4.69, 9.17) is 27.9 Å². The molecule has 7 nitrogen and oxygen atoms in total. The van der Waals surface area contributed by atoms with Gasteiger partial charge in [-0.1, -0.05) is 30.1 Å². The quantitative estimate of drug-likeness (QED) is 0.516. The first-order valence-electron chi connectivity index (χ1n) is 11.6. The first-order chi connectivity index (χ1) is 16.8. The number of nitrogens with one attached hydrogen (secondary N) is 1. The van der Waals surface area contributed by atoms with Gasteiger partial charge in [-0.3, -0.25) is 9.59 Å². The normalized spacial score (nSPS) is 17.5. The largest absolute Gasteiger partial charge is 0.493 e. The number of hydrogen-bond acceptors (Lipinski definition) is 5. The number of amides is 2. The standard InChI is InChI=1S/C25H27Cl2FN2O5S/c1-25(7-9-30(10-8-25)24(32)18-11-16(26)5-6-20(18)27)14-35-22-13-21(28)19(12-17(22)15-3-4-15)23(31)29-36(2,33)34/h5-6,11-13,15H,3-4,7-10,14H2,1-2H3,(H,29,31). The van der Waals surface area contributed by atoms with Crippen LogP contribution in [0.25, 0.3) is 0 Å². The van der Waals surface area contributed by atoms with Crippen molar-refractivity contribution in [2.24, 2.45) is 5.41 Å². The minimum Gasteiger partial charge on any atom is -0.493 e. The summed E-state index contributed by atoms with van der Waals surface area (Å²) in [6.07, 6.45) is 3.95. The summed E-state index contributed by atoms with van der Waals surface area (Å²) in [5.74, 6) is -1.53. The average molecular weight is 557 g/mol. The van der Waals surface area contributed by atoms with E-state index in [-0.39, 0.29) is 22.8 Å². The zero-order chi connectivity index (χ0) is 26.3. The number of piperidine rings is 1. The Bertz CT molecular complexity index is 1310. The lowest BCUT2D eigenvalue weighted by Crippen LogP contribution is -2.44. The summed E-state index contributed by atoms with van der Waals surface area (Å²) >= 11 is 12.2. The fourth-order valence-corrected chi connectivity index (χ4v) is 5.10. The van der Waals surface area contributed by atoms with Gasteiger partial charge in [-0.25, -0.2) is 17.5 Å². The van der Waals surface area contributed by atoms with Gasteiger partial charge >= 0.3 is 0 Å². The van der Waals surface area contributed by atoms with Crippen LogP contribution in [0.1, 0.15) is 64.8 Å². The first-order valence-corrected chi connectivity index (χ1v) is 14.2. The fraction of sp³-hybridized carbons (Fsp3) is 0.440. The number of benzene rings is 2. The lowest BCUT2D eigenvalue weighted by atomic mass is 9.81. The molecule has 1 saturated carbocycles. The molecule has 0 radical (unpaired) electrons. The van der Waals surface area contributed by atoms with Crippen molar-refractivity contribution in [2.45, 2.75) is 38.5 Å². The number of carbonyl (C=O) groups excluding carboxylic acids is 2. The van der Waals surface area contributed by atoms with Crippen molar-refractivity contribution in [2.75, 3.05) is 26.0 Å². The fourth-order valence-electron chi connectivity index (χ4n) is 4.29. The Morgan fingerprint density at radius 1 is 1.14 bits per heavy atom. The van der Waals surface area contributed by atoms with Crippen LogP contribution < -0.4 is 9.46 Å². The van der Waals surface area contributed by atoms with Crippen LogP contribution >= 0.6 is 23.2 Å². The summed E-state index contributed by atoms with van der Waals surface area (Å²) in [5, 5.41) is 0.792. The molecule has 1 N–H and O–H groups in total. The van der Waals surface area contributed by atoms with Gasteiger partial charge in [0.25, 0.3) is 11.8 Å². The first kappa shape index (κ1) is 26.7. The van der Waals surface area contributed by atoms with Gasteiger partial charge in [-0.15, -0.1) is 0 Å². The second-order valence-electron chi connectivity index (χ2n) is 9.86. The van der Waals surface area contributed by atoms with Crippen molar-refractivity contribution < 1.29 is 27.1 Å². The zero-order valence-corrected chi connectivity index (χ0v) is 22.3. The third-order valence-electron chi connectivity index (χ3n) is 6.63. The highest BCUT2D eigenvalue weighted by Gasteiger charge is 2.35. The molecule has 1 heterocycles. The van der Waals surface area contributed by atoms with Gasteiger partial charge in [-0.05, 0) is 61.4 Å². The van der Waals surface area contributed by atoms with E-state index in [1.807, 2.05) is 4.72 Å². The monoisotopic (exact) mass is 556 g/mol. The molecule has 1 aliphatic carbocycles. The van der Waals surface area contributed by atoms with Gasteiger partial charge in [0, 0.05) is 29.6 Å². The van der Waals surface area contributed by atoms with E-state index in [9.17, 15) is 22.4 Å². The highest BCUT2D eigenvalue weighted by atomic mass is 35.5. The summed E-state index contributed by atoms with van der Waals surface area (Å²) in [5.41, 5.74) is 0.487. The molecular formula is C25H27Cl2FN2O5S. The molecule has 0 atom stereocenters. The van der Waals surface area contributed by atoms with Crippen LogP contribution in [-0.4, -0.2) is 51.1 Å². The molecule has 0 spiro atoms. The summed E-state index contributed by atoms with van der Waals surface area (Å²) < 4.78 is 45.4. The van der Waals surface area contributed by atoms with Gasteiger partial charge in [-0.2, -0.15) is 0 Å². The summed E-state index contributed by atoms with van der Waals surface area (Å²) in [4.78, 5) is 26.9. The Hall–Kier alpha value is -2.36. The Balaban J connectivity index is 1.43. The number of carbonyl (C=O) groups is 2. The van der Waals surface area contributed by atoms with E-state index in [2.05, 4.69) is 6.92 Å². The molecule has 0 unspecified atom stereocenters. The summed E-state index contributed by atoms with van der Waals surface area (Å²) in [7, 11) is -3.82. The Kier molecular flexibility index (Phi) is 7.55. The Morgan fingerprint density at radius 2 is 1.81 bits per heavy atom. The van der Waals surface area contributed by atoms with Crippen molar-refractivity contribution in [1.29, 1.82) is 0 Å². The highest BCUT2D eigenvalue weighted by Crippen LogP contribution is 2.46. The summed E-state index contributed by atoms with van der Waals surface area (Å²) in [6, 6.07) is 7.35. The maximum Gasteiger partial charge on any atom is 0.267 e. The molecule has 4 rings (SSSR count). The lowest BCUT2D eigenvalue weighted by molar-refractivity contribution is 0.0482. The van der Waals surface area contributed by atoms with E-state index in [1.54, 1.807) is 23.1 Å². The van der Waals surface area contributed by atoms with E-state index < -0.39 is 21.7 Å². The van der Waals surface area contributed by atoms with Crippen LogP contribution in [0.2, 0.25) is 10.0 Å². The third-order valence-corrected chi connectivity index (χ3v) is 7.75. The number of ether oxygens (including phenoxy) is 1. The molecule has 2 aliphatic rings. The second-order valence-corrected chi connectivity index (χ2v) is 12.5.